The maximum atomic E-state index is 6.03. The average Bonchev–Trinajstić information content (AvgIpc) is 3.42. The van der Waals surface area contributed by atoms with Crippen LogP contribution in [0.1, 0.15) is 58.1 Å². The van der Waals surface area contributed by atoms with Crippen molar-refractivity contribution >= 4 is 5.96 Å². The lowest BCUT2D eigenvalue weighted by Gasteiger charge is -2.36. The number of aliphatic imine (C=N–C) groups is 1. The Morgan fingerprint density at radius 3 is 2.62 bits per heavy atom. The Bertz CT molecular complexity index is 633. The molecule has 0 spiro atoms. The molecule has 3 heterocycles. The molecule has 2 unspecified atom stereocenters. The lowest BCUT2D eigenvalue weighted by Crippen LogP contribution is -2.49. The number of hydrogen-bond acceptors (Lipinski definition) is 4. The van der Waals surface area contributed by atoms with Crippen molar-refractivity contribution in [2.75, 3.05) is 45.9 Å². The molecule has 2 aliphatic rings. The van der Waals surface area contributed by atoms with Crippen LogP contribution in [0.25, 0.3) is 0 Å². The first-order chi connectivity index (χ1) is 14.2. The van der Waals surface area contributed by atoms with Crippen molar-refractivity contribution in [3.8, 4) is 0 Å². The minimum absolute atomic E-state index is 0.0507. The second-order valence-electron chi connectivity index (χ2n) is 8.33. The molecule has 164 valence electrons. The van der Waals surface area contributed by atoms with Crippen LogP contribution in [0.15, 0.2) is 17.4 Å². The van der Waals surface area contributed by atoms with E-state index in [4.69, 9.17) is 9.73 Å². The van der Waals surface area contributed by atoms with Crippen LogP contribution in [0.4, 0.5) is 0 Å². The Morgan fingerprint density at radius 1 is 1.24 bits per heavy atom. The minimum Gasteiger partial charge on any atom is -0.370 e. The summed E-state index contributed by atoms with van der Waals surface area (Å²) in [5.74, 6) is 1.74. The number of likely N-dealkylation sites (tertiary alicyclic amines) is 1. The van der Waals surface area contributed by atoms with E-state index in [-0.39, 0.29) is 6.10 Å². The fourth-order valence-electron chi connectivity index (χ4n) is 4.72. The van der Waals surface area contributed by atoms with Crippen molar-refractivity contribution < 1.29 is 4.74 Å². The summed E-state index contributed by atoms with van der Waals surface area (Å²) in [5.41, 5.74) is 1.14. The number of nitrogens with one attached hydrogen (secondary N) is 1. The van der Waals surface area contributed by atoms with Gasteiger partial charge in [0.1, 0.15) is 6.10 Å². The Morgan fingerprint density at radius 2 is 2.00 bits per heavy atom. The van der Waals surface area contributed by atoms with Crippen LogP contribution in [-0.4, -0.2) is 77.5 Å². The van der Waals surface area contributed by atoms with Gasteiger partial charge in [0, 0.05) is 37.9 Å². The Kier molecular flexibility index (Phi) is 8.36. The number of morpholine rings is 1. The molecule has 1 aromatic heterocycles. The SMILES string of the molecule is CCNC(=NCC(C(CC)CC)N1CCCC1)N1CCOC(c2cnn(C)c2)C1. The molecule has 1 aromatic rings. The normalized spacial score (nSPS) is 22.4. The lowest BCUT2D eigenvalue weighted by atomic mass is 9.93. The second-order valence-corrected chi connectivity index (χ2v) is 8.33. The zero-order valence-corrected chi connectivity index (χ0v) is 18.8. The molecule has 2 aliphatic heterocycles. The maximum absolute atomic E-state index is 6.03. The first-order valence-corrected chi connectivity index (χ1v) is 11.5. The fraction of sp³-hybridized carbons (Fsp3) is 0.818. The number of aromatic nitrogens is 2. The van der Waals surface area contributed by atoms with Crippen molar-refractivity contribution in [1.82, 2.24) is 24.9 Å². The van der Waals surface area contributed by atoms with Gasteiger partial charge in [-0.2, -0.15) is 5.10 Å². The van der Waals surface area contributed by atoms with Gasteiger partial charge in [-0.3, -0.25) is 14.6 Å². The standard InChI is InChI=1S/C22H40N6O/c1-5-18(6-2)20(27-10-8-9-11-27)15-24-22(23-7-3)28-12-13-29-21(17-28)19-14-25-26(4)16-19/h14,16,18,20-21H,5-13,15,17H2,1-4H3,(H,23,24). The quantitative estimate of drug-likeness (QED) is 0.533. The van der Waals surface area contributed by atoms with E-state index < -0.39 is 0 Å². The lowest BCUT2D eigenvalue weighted by molar-refractivity contribution is -0.00810. The van der Waals surface area contributed by atoms with Crippen LogP contribution in [0.2, 0.25) is 0 Å². The second kappa shape index (κ2) is 11.0. The molecule has 0 bridgehead atoms. The van der Waals surface area contributed by atoms with Crippen molar-refractivity contribution in [2.24, 2.45) is 18.0 Å². The fourth-order valence-corrected chi connectivity index (χ4v) is 4.72. The molecule has 2 fully saturated rings. The summed E-state index contributed by atoms with van der Waals surface area (Å²) in [5, 5.41) is 7.84. The van der Waals surface area contributed by atoms with Crippen molar-refractivity contribution in [1.29, 1.82) is 0 Å². The maximum Gasteiger partial charge on any atom is 0.194 e. The molecular formula is C22H40N6O. The van der Waals surface area contributed by atoms with Gasteiger partial charge in [-0.1, -0.05) is 26.7 Å². The van der Waals surface area contributed by atoms with E-state index in [1.807, 2.05) is 17.9 Å². The zero-order valence-electron chi connectivity index (χ0n) is 18.8. The van der Waals surface area contributed by atoms with Crippen molar-refractivity contribution in [3.63, 3.8) is 0 Å². The zero-order chi connectivity index (χ0) is 20.6. The predicted octanol–water partition coefficient (Wildman–Crippen LogP) is 2.66. The van der Waals surface area contributed by atoms with Crippen LogP contribution in [0.3, 0.4) is 0 Å². The molecule has 7 nitrogen and oxygen atoms in total. The van der Waals surface area contributed by atoms with E-state index in [1.54, 1.807) is 0 Å². The van der Waals surface area contributed by atoms with E-state index in [1.165, 1.54) is 38.8 Å². The summed E-state index contributed by atoms with van der Waals surface area (Å²) in [7, 11) is 1.95. The summed E-state index contributed by atoms with van der Waals surface area (Å²) in [6.45, 7) is 13.4. The molecule has 0 aliphatic carbocycles. The van der Waals surface area contributed by atoms with Gasteiger partial charge in [0.05, 0.1) is 25.9 Å². The summed E-state index contributed by atoms with van der Waals surface area (Å²) in [6, 6.07) is 0.552. The largest absolute Gasteiger partial charge is 0.370 e. The van der Waals surface area contributed by atoms with Gasteiger partial charge in [0.2, 0.25) is 0 Å². The highest BCUT2D eigenvalue weighted by Crippen LogP contribution is 2.24. The van der Waals surface area contributed by atoms with Gasteiger partial charge in [-0.05, 0) is 38.8 Å². The summed E-state index contributed by atoms with van der Waals surface area (Å²) in [4.78, 5) is 10.2. The smallest absolute Gasteiger partial charge is 0.194 e. The van der Waals surface area contributed by atoms with Crippen LogP contribution < -0.4 is 5.32 Å². The third-order valence-corrected chi connectivity index (χ3v) is 6.43. The average molecular weight is 405 g/mol. The van der Waals surface area contributed by atoms with Gasteiger partial charge in [0.15, 0.2) is 5.96 Å². The third-order valence-electron chi connectivity index (χ3n) is 6.43. The monoisotopic (exact) mass is 404 g/mol. The highest BCUT2D eigenvalue weighted by atomic mass is 16.5. The predicted molar refractivity (Wildman–Crippen MR) is 118 cm³/mol. The highest BCUT2D eigenvalue weighted by Gasteiger charge is 2.29. The topological polar surface area (TPSA) is 57.9 Å². The number of ether oxygens (including phenoxy) is 1. The van der Waals surface area contributed by atoms with Gasteiger partial charge in [0.25, 0.3) is 0 Å². The molecule has 2 atom stereocenters. The summed E-state index contributed by atoms with van der Waals surface area (Å²) in [6.07, 6.45) is 9.13. The van der Waals surface area contributed by atoms with Crippen LogP contribution >= 0.6 is 0 Å². The molecule has 29 heavy (non-hydrogen) atoms. The third kappa shape index (κ3) is 5.72. The first kappa shape index (κ1) is 22.1. The summed E-state index contributed by atoms with van der Waals surface area (Å²) >= 11 is 0. The van der Waals surface area contributed by atoms with E-state index in [0.717, 1.165) is 37.7 Å². The van der Waals surface area contributed by atoms with Gasteiger partial charge < -0.3 is 15.0 Å². The van der Waals surface area contributed by atoms with Gasteiger partial charge in [-0.25, -0.2) is 0 Å². The molecule has 0 amide bonds. The number of guanidine groups is 1. The van der Waals surface area contributed by atoms with Crippen molar-refractivity contribution in [2.45, 2.75) is 58.6 Å². The summed E-state index contributed by atoms with van der Waals surface area (Å²) < 4.78 is 7.87. The Labute approximate surface area is 176 Å². The first-order valence-electron chi connectivity index (χ1n) is 11.5. The molecule has 3 rings (SSSR count). The molecule has 0 saturated carbocycles. The van der Waals surface area contributed by atoms with E-state index in [2.05, 4.69) is 47.2 Å². The molecule has 2 saturated heterocycles. The molecule has 0 aromatic carbocycles. The number of aryl methyl sites for hydroxylation is 1. The van der Waals surface area contributed by atoms with Crippen LogP contribution in [0.5, 0.6) is 0 Å². The van der Waals surface area contributed by atoms with Gasteiger partial charge >= 0.3 is 0 Å². The van der Waals surface area contributed by atoms with Crippen LogP contribution in [0, 0.1) is 5.92 Å². The number of hydrogen-bond donors (Lipinski definition) is 1. The van der Waals surface area contributed by atoms with Crippen LogP contribution in [-0.2, 0) is 11.8 Å². The van der Waals surface area contributed by atoms with E-state index in [0.29, 0.717) is 18.6 Å². The van der Waals surface area contributed by atoms with E-state index >= 15 is 0 Å². The molecule has 0 radical (unpaired) electrons. The molecular weight excluding hydrogens is 364 g/mol. The Hall–Kier alpha value is -1.60. The van der Waals surface area contributed by atoms with Crippen molar-refractivity contribution in [3.05, 3.63) is 18.0 Å². The number of rotatable bonds is 8. The highest BCUT2D eigenvalue weighted by molar-refractivity contribution is 5.80. The number of nitrogens with zero attached hydrogens (tertiary/aromatic N) is 5. The Balaban J connectivity index is 1.71. The van der Waals surface area contributed by atoms with Gasteiger partial charge in [-0.15, -0.1) is 0 Å². The minimum atomic E-state index is 0.0507. The van der Waals surface area contributed by atoms with E-state index in [9.17, 15) is 0 Å². The molecule has 7 heteroatoms. The molecule has 1 N–H and O–H groups in total.